The van der Waals surface area contributed by atoms with Crippen LogP contribution in [0.2, 0.25) is 0 Å². The second kappa shape index (κ2) is 3.35. The van der Waals surface area contributed by atoms with Gasteiger partial charge in [0.15, 0.2) is 5.58 Å². The molecule has 3 nitrogen and oxygen atoms in total. The molecule has 0 aliphatic rings. The predicted octanol–water partition coefficient (Wildman–Crippen LogP) is 2.58. The van der Waals surface area contributed by atoms with Gasteiger partial charge in [0.2, 0.25) is 5.89 Å². The Balaban J connectivity index is 2.70. The first-order chi connectivity index (χ1) is 7.02. The fraction of sp³-hybridized carbons (Fsp3) is 0.417. The number of oxazole rings is 1. The fourth-order valence-corrected chi connectivity index (χ4v) is 1.67. The van der Waals surface area contributed by atoms with Gasteiger partial charge < -0.3 is 10.2 Å². The Hall–Kier alpha value is -1.35. The van der Waals surface area contributed by atoms with Gasteiger partial charge in [0.1, 0.15) is 5.52 Å². The van der Waals surface area contributed by atoms with Crippen molar-refractivity contribution in [2.75, 3.05) is 0 Å². The first-order valence-corrected chi connectivity index (χ1v) is 5.11. The van der Waals surface area contributed by atoms with Crippen LogP contribution in [0.5, 0.6) is 0 Å². The third-order valence-electron chi connectivity index (χ3n) is 2.44. The lowest BCUT2D eigenvalue weighted by atomic mass is 9.86. The number of fused-ring (bicyclic) bond motifs is 1. The van der Waals surface area contributed by atoms with Gasteiger partial charge in [-0.15, -0.1) is 0 Å². The summed E-state index contributed by atoms with van der Waals surface area (Å²) in [6.07, 6.45) is 0. The number of hydrogen-bond acceptors (Lipinski definition) is 3. The molecule has 0 bridgehead atoms. The molecule has 2 aromatic rings. The van der Waals surface area contributed by atoms with Gasteiger partial charge in [-0.2, -0.15) is 0 Å². The molecule has 2 rings (SSSR count). The van der Waals surface area contributed by atoms with Crippen LogP contribution in [0, 0.1) is 0 Å². The first-order valence-electron chi connectivity index (χ1n) is 5.11. The summed E-state index contributed by atoms with van der Waals surface area (Å²) in [6, 6.07) is 6.03. The molecule has 0 saturated heterocycles. The van der Waals surface area contributed by atoms with Crippen molar-refractivity contribution in [2.45, 2.75) is 32.7 Å². The Kier molecular flexibility index (Phi) is 2.27. The van der Waals surface area contributed by atoms with Crippen LogP contribution in [0.15, 0.2) is 22.6 Å². The molecule has 0 fully saturated rings. The van der Waals surface area contributed by atoms with E-state index in [9.17, 15) is 0 Å². The lowest BCUT2D eigenvalue weighted by Gasteiger charge is -2.18. The first kappa shape index (κ1) is 10.2. The molecule has 0 unspecified atom stereocenters. The maximum atomic E-state index is 5.64. The van der Waals surface area contributed by atoms with Crippen molar-refractivity contribution in [3.63, 3.8) is 0 Å². The molecule has 0 aliphatic heterocycles. The normalized spacial score (nSPS) is 12.3. The monoisotopic (exact) mass is 204 g/mol. The molecule has 0 saturated carbocycles. The Morgan fingerprint density at radius 1 is 1.33 bits per heavy atom. The Morgan fingerprint density at radius 2 is 2.07 bits per heavy atom. The number of aromatic nitrogens is 1. The van der Waals surface area contributed by atoms with E-state index in [1.54, 1.807) is 0 Å². The maximum Gasteiger partial charge on any atom is 0.209 e. The zero-order valence-electron chi connectivity index (χ0n) is 9.37. The molecule has 0 spiro atoms. The molecule has 1 aromatic heterocycles. The van der Waals surface area contributed by atoms with Crippen molar-refractivity contribution in [1.82, 2.24) is 4.98 Å². The quantitative estimate of drug-likeness (QED) is 0.776. The van der Waals surface area contributed by atoms with Gasteiger partial charge in [0, 0.05) is 5.56 Å². The van der Waals surface area contributed by atoms with E-state index in [0.29, 0.717) is 12.4 Å². The van der Waals surface area contributed by atoms with Crippen LogP contribution in [0.1, 0.15) is 32.2 Å². The molecular weight excluding hydrogens is 188 g/mol. The Bertz CT molecular complexity index is 480. The van der Waals surface area contributed by atoms with Gasteiger partial charge in [0.25, 0.3) is 0 Å². The van der Waals surface area contributed by atoms with Crippen molar-refractivity contribution >= 4 is 11.1 Å². The summed E-state index contributed by atoms with van der Waals surface area (Å²) >= 11 is 0. The molecule has 2 N–H and O–H groups in total. The molecule has 80 valence electrons. The maximum absolute atomic E-state index is 5.64. The van der Waals surface area contributed by atoms with Gasteiger partial charge in [-0.1, -0.05) is 32.9 Å². The summed E-state index contributed by atoms with van der Waals surface area (Å²) in [5.41, 5.74) is 8.51. The Labute approximate surface area is 89.3 Å². The Morgan fingerprint density at radius 3 is 2.67 bits per heavy atom. The van der Waals surface area contributed by atoms with Crippen molar-refractivity contribution < 1.29 is 4.42 Å². The van der Waals surface area contributed by atoms with Crippen LogP contribution in [0.3, 0.4) is 0 Å². The lowest BCUT2D eigenvalue weighted by Crippen LogP contribution is -2.11. The van der Waals surface area contributed by atoms with Crippen LogP contribution in [0.25, 0.3) is 11.1 Å². The summed E-state index contributed by atoms with van der Waals surface area (Å²) < 4.78 is 5.64. The van der Waals surface area contributed by atoms with Gasteiger partial charge in [-0.05, 0) is 11.5 Å². The van der Waals surface area contributed by atoms with Crippen LogP contribution in [-0.4, -0.2) is 4.98 Å². The second-order valence-electron chi connectivity index (χ2n) is 4.72. The van der Waals surface area contributed by atoms with E-state index in [1.807, 2.05) is 12.1 Å². The minimum atomic E-state index is 0.0604. The van der Waals surface area contributed by atoms with Crippen LogP contribution < -0.4 is 5.73 Å². The standard InChI is InChI=1S/C12H16N2O/c1-12(2,3)8-5-4-6-9-11(8)15-10(7-13)14-9/h4-6H,7,13H2,1-3H3. The summed E-state index contributed by atoms with van der Waals surface area (Å²) in [4.78, 5) is 4.31. The molecule has 1 aromatic carbocycles. The van der Waals surface area contributed by atoms with Crippen LogP contribution in [0.4, 0.5) is 0 Å². The van der Waals surface area contributed by atoms with E-state index in [-0.39, 0.29) is 5.41 Å². The van der Waals surface area contributed by atoms with Gasteiger partial charge in [-0.25, -0.2) is 4.98 Å². The molecule has 0 radical (unpaired) electrons. The number of nitrogens with zero attached hydrogens (tertiary/aromatic N) is 1. The lowest BCUT2D eigenvalue weighted by molar-refractivity contribution is 0.514. The summed E-state index contributed by atoms with van der Waals surface area (Å²) in [7, 11) is 0. The molecular formula is C12H16N2O. The van der Waals surface area contributed by atoms with Crippen LogP contribution >= 0.6 is 0 Å². The zero-order valence-corrected chi connectivity index (χ0v) is 9.37. The third-order valence-corrected chi connectivity index (χ3v) is 2.44. The second-order valence-corrected chi connectivity index (χ2v) is 4.72. The van der Waals surface area contributed by atoms with Crippen molar-refractivity contribution in [3.05, 3.63) is 29.7 Å². The predicted molar refractivity (Wildman–Crippen MR) is 60.6 cm³/mol. The summed E-state index contributed by atoms with van der Waals surface area (Å²) in [5.74, 6) is 0.599. The van der Waals surface area contributed by atoms with E-state index in [4.69, 9.17) is 10.2 Å². The average Bonchev–Trinajstić information content (AvgIpc) is 2.57. The van der Waals surface area contributed by atoms with Gasteiger partial charge in [-0.3, -0.25) is 0 Å². The number of benzene rings is 1. The minimum Gasteiger partial charge on any atom is -0.439 e. The van der Waals surface area contributed by atoms with Crippen molar-refractivity contribution in [1.29, 1.82) is 0 Å². The fourth-order valence-electron chi connectivity index (χ4n) is 1.67. The third kappa shape index (κ3) is 1.75. The number of nitrogens with two attached hydrogens (primary N) is 1. The zero-order chi connectivity index (χ0) is 11.1. The van der Waals surface area contributed by atoms with E-state index < -0.39 is 0 Å². The van der Waals surface area contributed by atoms with E-state index >= 15 is 0 Å². The number of rotatable bonds is 1. The van der Waals surface area contributed by atoms with Gasteiger partial charge >= 0.3 is 0 Å². The molecule has 3 heteroatoms. The van der Waals surface area contributed by atoms with Gasteiger partial charge in [0.05, 0.1) is 6.54 Å². The highest BCUT2D eigenvalue weighted by molar-refractivity contribution is 5.77. The smallest absolute Gasteiger partial charge is 0.209 e. The average molecular weight is 204 g/mol. The molecule has 0 aliphatic carbocycles. The topological polar surface area (TPSA) is 52.0 Å². The van der Waals surface area contributed by atoms with Crippen molar-refractivity contribution in [2.24, 2.45) is 5.73 Å². The minimum absolute atomic E-state index is 0.0604. The highest BCUT2D eigenvalue weighted by atomic mass is 16.3. The summed E-state index contributed by atoms with van der Waals surface area (Å²) in [5, 5.41) is 0. The molecule has 15 heavy (non-hydrogen) atoms. The van der Waals surface area contributed by atoms with Crippen molar-refractivity contribution in [3.8, 4) is 0 Å². The highest BCUT2D eigenvalue weighted by Gasteiger charge is 2.19. The number of para-hydroxylation sites is 1. The number of hydrogen-bond donors (Lipinski definition) is 1. The van der Waals surface area contributed by atoms with E-state index in [1.165, 1.54) is 5.56 Å². The molecule has 1 heterocycles. The highest BCUT2D eigenvalue weighted by Crippen LogP contribution is 2.30. The SMILES string of the molecule is CC(C)(C)c1cccc2nc(CN)oc12. The largest absolute Gasteiger partial charge is 0.439 e. The van der Waals surface area contributed by atoms with Crippen LogP contribution in [-0.2, 0) is 12.0 Å². The van der Waals surface area contributed by atoms with E-state index in [0.717, 1.165) is 11.1 Å². The van der Waals surface area contributed by atoms with E-state index in [2.05, 4.69) is 31.8 Å². The summed E-state index contributed by atoms with van der Waals surface area (Å²) in [6.45, 7) is 6.82. The molecule has 0 atom stereocenters. The molecule has 0 amide bonds.